The maximum absolute atomic E-state index is 12.3. The van der Waals surface area contributed by atoms with E-state index in [1.807, 2.05) is 0 Å². The number of nitrogens with zero attached hydrogens (tertiary/aromatic N) is 1. The first kappa shape index (κ1) is 22.7. The number of sulfonamides is 1. The molecule has 0 unspecified atom stereocenters. The first-order chi connectivity index (χ1) is 10.0. The van der Waals surface area contributed by atoms with Gasteiger partial charge in [-0.1, -0.05) is 11.6 Å². The average Bonchev–Trinajstić information content (AvgIpc) is 2.48. The van der Waals surface area contributed by atoms with Crippen LogP contribution in [0.4, 0.5) is 0 Å². The molecule has 0 aromatic heterocycles. The topological polar surface area (TPSA) is 70.7 Å². The molecule has 1 fully saturated rings. The summed E-state index contributed by atoms with van der Waals surface area (Å²) in [5, 5.41) is 3.62. The summed E-state index contributed by atoms with van der Waals surface area (Å²) in [6, 6.07) is 4.54. The monoisotopic (exact) mass is 405 g/mol. The highest BCUT2D eigenvalue weighted by atomic mass is 35.5. The number of hydrogen-bond donors (Lipinski definition) is 2. The maximum atomic E-state index is 12.3. The van der Waals surface area contributed by atoms with E-state index in [0.717, 1.165) is 26.2 Å². The minimum absolute atomic E-state index is 0. The van der Waals surface area contributed by atoms with Gasteiger partial charge in [-0.3, -0.25) is 4.90 Å². The number of methoxy groups -OCH3 is 1. The average molecular weight is 407 g/mol. The van der Waals surface area contributed by atoms with Crippen molar-refractivity contribution in [2.75, 3.05) is 46.4 Å². The third-order valence-electron chi connectivity index (χ3n) is 3.34. The standard InChI is InChI=1S/C13H20ClN3O3S.2ClH/c1-20-12-3-2-11(14)10-13(12)21(18,19)16-6-9-17-7-4-15-5-8-17;;/h2-3,10,15-16H,4-9H2,1H3;2*1H. The Morgan fingerprint density at radius 3 is 2.57 bits per heavy atom. The lowest BCUT2D eigenvalue weighted by atomic mass is 10.3. The summed E-state index contributed by atoms with van der Waals surface area (Å²) in [5.41, 5.74) is 0. The molecular weight excluding hydrogens is 385 g/mol. The van der Waals surface area contributed by atoms with Crippen LogP contribution in [0.3, 0.4) is 0 Å². The summed E-state index contributed by atoms with van der Waals surface area (Å²) in [6.07, 6.45) is 0. The van der Waals surface area contributed by atoms with E-state index >= 15 is 0 Å². The van der Waals surface area contributed by atoms with Gasteiger partial charge in [-0.25, -0.2) is 13.1 Å². The Hall–Kier alpha value is -0.280. The molecule has 10 heteroatoms. The predicted octanol–water partition coefficient (Wildman–Crippen LogP) is 1.38. The van der Waals surface area contributed by atoms with Gasteiger partial charge in [0.25, 0.3) is 0 Å². The van der Waals surface area contributed by atoms with Gasteiger partial charge in [0.2, 0.25) is 10.0 Å². The van der Waals surface area contributed by atoms with Gasteiger partial charge in [0.05, 0.1) is 7.11 Å². The lowest BCUT2D eigenvalue weighted by molar-refractivity contribution is 0.245. The Kier molecular flexibility index (Phi) is 10.4. The summed E-state index contributed by atoms with van der Waals surface area (Å²) >= 11 is 5.87. The molecule has 2 rings (SSSR count). The van der Waals surface area contributed by atoms with Crippen molar-refractivity contribution in [1.29, 1.82) is 0 Å². The second-order valence-electron chi connectivity index (χ2n) is 4.78. The summed E-state index contributed by atoms with van der Waals surface area (Å²) in [6.45, 7) is 4.79. The van der Waals surface area contributed by atoms with Crippen LogP contribution in [0.1, 0.15) is 0 Å². The van der Waals surface area contributed by atoms with E-state index in [4.69, 9.17) is 16.3 Å². The van der Waals surface area contributed by atoms with E-state index in [1.165, 1.54) is 13.2 Å². The van der Waals surface area contributed by atoms with Gasteiger partial charge in [0.1, 0.15) is 10.6 Å². The van der Waals surface area contributed by atoms with E-state index in [9.17, 15) is 8.42 Å². The van der Waals surface area contributed by atoms with Crippen molar-refractivity contribution in [3.8, 4) is 5.75 Å². The van der Waals surface area contributed by atoms with Crippen LogP contribution in [0.2, 0.25) is 5.02 Å². The molecular formula is C13H22Cl3N3O3S. The summed E-state index contributed by atoms with van der Waals surface area (Å²) < 4.78 is 32.3. The number of ether oxygens (including phenoxy) is 1. The number of hydrogen-bond acceptors (Lipinski definition) is 5. The van der Waals surface area contributed by atoms with Crippen LogP contribution < -0.4 is 14.8 Å². The molecule has 0 atom stereocenters. The van der Waals surface area contributed by atoms with E-state index < -0.39 is 10.0 Å². The van der Waals surface area contributed by atoms with Gasteiger partial charge in [-0.2, -0.15) is 0 Å². The van der Waals surface area contributed by atoms with Crippen molar-refractivity contribution < 1.29 is 13.2 Å². The number of nitrogens with one attached hydrogen (secondary N) is 2. The molecule has 23 heavy (non-hydrogen) atoms. The molecule has 134 valence electrons. The van der Waals surface area contributed by atoms with Crippen molar-refractivity contribution in [3.05, 3.63) is 23.2 Å². The first-order valence-corrected chi connectivity index (χ1v) is 8.65. The maximum Gasteiger partial charge on any atom is 0.244 e. The van der Waals surface area contributed by atoms with Crippen LogP contribution in [-0.2, 0) is 10.0 Å². The lowest BCUT2D eigenvalue weighted by Gasteiger charge is -2.27. The molecule has 0 spiro atoms. The molecule has 0 aliphatic carbocycles. The molecule has 0 amide bonds. The van der Waals surface area contributed by atoms with E-state index in [-0.39, 0.29) is 35.5 Å². The first-order valence-electron chi connectivity index (χ1n) is 6.79. The van der Waals surface area contributed by atoms with Gasteiger partial charge < -0.3 is 10.1 Å². The zero-order valence-corrected chi connectivity index (χ0v) is 16.0. The fourth-order valence-corrected chi connectivity index (χ4v) is 3.66. The Morgan fingerprint density at radius 1 is 1.30 bits per heavy atom. The molecule has 1 aromatic rings. The Labute approximate surface area is 154 Å². The van der Waals surface area contributed by atoms with Crippen LogP contribution in [0.15, 0.2) is 23.1 Å². The molecule has 1 saturated heterocycles. The minimum Gasteiger partial charge on any atom is -0.495 e. The van der Waals surface area contributed by atoms with Crippen molar-refractivity contribution in [2.45, 2.75) is 4.90 Å². The molecule has 0 bridgehead atoms. The van der Waals surface area contributed by atoms with Crippen molar-refractivity contribution in [3.63, 3.8) is 0 Å². The largest absolute Gasteiger partial charge is 0.495 e. The lowest BCUT2D eigenvalue weighted by Crippen LogP contribution is -2.46. The molecule has 1 heterocycles. The molecule has 0 radical (unpaired) electrons. The summed E-state index contributed by atoms with van der Waals surface area (Å²) in [7, 11) is -2.19. The molecule has 0 saturated carbocycles. The van der Waals surface area contributed by atoms with E-state index in [1.54, 1.807) is 12.1 Å². The Morgan fingerprint density at radius 2 is 1.96 bits per heavy atom. The SMILES string of the molecule is COc1ccc(Cl)cc1S(=O)(=O)NCCN1CCNCC1.Cl.Cl. The zero-order valence-electron chi connectivity index (χ0n) is 12.7. The number of benzene rings is 1. The molecule has 1 aromatic carbocycles. The van der Waals surface area contributed by atoms with Crippen LogP contribution in [0, 0.1) is 0 Å². The molecule has 1 aliphatic heterocycles. The van der Waals surface area contributed by atoms with Gasteiger partial charge in [-0.15, -0.1) is 24.8 Å². The van der Waals surface area contributed by atoms with Crippen LogP contribution in [0.25, 0.3) is 0 Å². The highest BCUT2D eigenvalue weighted by molar-refractivity contribution is 7.89. The van der Waals surface area contributed by atoms with Crippen LogP contribution in [-0.4, -0.2) is 59.7 Å². The Balaban J connectivity index is 0.00000242. The van der Waals surface area contributed by atoms with Gasteiger partial charge in [0.15, 0.2) is 0 Å². The highest BCUT2D eigenvalue weighted by Crippen LogP contribution is 2.26. The Bertz CT molecular complexity index is 581. The van der Waals surface area contributed by atoms with Crippen LogP contribution >= 0.6 is 36.4 Å². The van der Waals surface area contributed by atoms with Gasteiger partial charge in [0, 0.05) is 44.3 Å². The van der Waals surface area contributed by atoms with Crippen molar-refractivity contribution in [2.24, 2.45) is 0 Å². The molecule has 2 N–H and O–H groups in total. The van der Waals surface area contributed by atoms with E-state index in [0.29, 0.717) is 18.1 Å². The van der Waals surface area contributed by atoms with Crippen molar-refractivity contribution >= 4 is 46.4 Å². The minimum atomic E-state index is -3.63. The summed E-state index contributed by atoms with van der Waals surface area (Å²) in [5.74, 6) is 0.286. The predicted molar refractivity (Wildman–Crippen MR) is 97.0 cm³/mol. The smallest absolute Gasteiger partial charge is 0.244 e. The van der Waals surface area contributed by atoms with Gasteiger partial charge in [-0.05, 0) is 18.2 Å². The van der Waals surface area contributed by atoms with Gasteiger partial charge >= 0.3 is 0 Å². The highest BCUT2D eigenvalue weighted by Gasteiger charge is 2.20. The van der Waals surface area contributed by atoms with Crippen LogP contribution in [0.5, 0.6) is 5.75 Å². The fraction of sp³-hybridized carbons (Fsp3) is 0.538. The normalized spacial score (nSPS) is 15.4. The summed E-state index contributed by atoms with van der Waals surface area (Å²) in [4.78, 5) is 2.28. The molecule has 6 nitrogen and oxygen atoms in total. The number of piperazine rings is 1. The number of halogens is 3. The third kappa shape index (κ3) is 6.62. The second-order valence-corrected chi connectivity index (χ2v) is 6.96. The van der Waals surface area contributed by atoms with E-state index in [2.05, 4.69) is 14.9 Å². The molecule has 1 aliphatic rings. The number of rotatable bonds is 6. The zero-order chi connectivity index (χ0) is 15.3. The fourth-order valence-electron chi connectivity index (χ4n) is 2.21. The quantitative estimate of drug-likeness (QED) is 0.747. The third-order valence-corrected chi connectivity index (χ3v) is 5.06. The van der Waals surface area contributed by atoms with Crippen molar-refractivity contribution in [1.82, 2.24) is 14.9 Å². The second kappa shape index (κ2) is 10.6.